The Bertz CT molecular complexity index is 397. The molecule has 1 heterocycles. The summed E-state index contributed by atoms with van der Waals surface area (Å²) in [7, 11) is 0. The fraction of sp³-hybridized carbons (Fsp3) is 0.875. The number of hydrogen-bond acceptors (Lipinski definition) is 2. The predicted octanol–water partition coefficient (Wildman–Crippen LogP) is 2.23. The second-order valence-electron chi connectivity index (χ2n) is 6.75. The first-order chi connectivity index (χ1) is 9.67. The molecule has 2 saturated carbocycles. The van der Waals surface area contributed by atoms with Crippen molar-refractivity contribution in [3.63, 3.8) is 0 Å². The molecule has 4 nitrogen and oxygen atoms in total. The lowest BCUT2D eigenvalue weighted by Gasteiger charge is -2.50. The fourth-order valence-corrected chi connectivity index (χ4v) is 3.83. The van der Waals surface area contributed by atoms with Crippen molar-refractivity contribution in [2.24, 2.45) is 5.92 Å². The minimum absolute atomic E-state index is 0.111. The Morgan fingerprint density at radius 1 is 1.20 bits per heavy atom. The summed E-state index contributed by atoms with van der Waals surface area (Å²) in [4.78, 5) is 27.3. The van der Waals surface area contributed by atoms with Gasteiger partial charge in [-0.2, -0.15) is 0 Å². The third-order valence-corrected chi connectivity index (χ3v) is 5.36. The molecule has 2 amide bonds. The van der Waals surface area contributed by atoms with E-state index in [0.29, 0.717) is 6.42 Å². The summed E-state index contributed by atoms with van der Waals surface area (Å²) in [6.45, 7) is 2.76. The van der Waals surface area contributed by atoms with Crippen LogP contribution in [0.2, 0.25) is 0 Å². The van der Waals surface area contributed by atoms with Gasteiger partial charge in [0.05, 0.1) is 0 Å². The lowest BCUT2D eigenvalue weighted by atomic mass is 9.77. The Kier molecular flexibility index (Phi) is 3.74. The van der Waals surface area contributed by atoms with Gasteiger partial charge in [0.25, 0.3) is 0 Å². The Hall–Kier alpha value is -1.06. The number of nitrogens with one attached hydrogen (secondary N) is 1. The molecule has 1 atom stereocenters. The molecule has 2 aliphatic carbocycles. The molecule has 3 aliphatic rings. The molecular formula is C16H26N2O2. The molecule has 1 N–H and O–H groups in total. The van der Waals surface area contributed by atoms with Crippen molar-refractivity contribution in [2.45, 2.75) is 76.3 Å². The van der Waals surface area contributed by atoms with E-state index < -0.39 is 5.54 Å². The summed E-state index contributed by atoms with van der Waals surface area (Å²) in [5.74, 6) is 1.07. The lowest BCUT2D eigenvalue weighted by Crippen LogP contribution is -2.71. The molecule has 4 heteroatoms. The Morgan fingerprint density at radius 3 is 2.50 bits per heavy atom. The summed E-state index contributed by atoms with van der Waals surface area (Å²) in [5, 5.41) is 2.98. The SMILES string of the molecule is CCC1NC(=O)C2(CCCCC2)N(CCC2CC2)C1=O. The number of carbonyl (C=O) groups is 2. The molecular weight excluding hydrogens is 252 g/mol. The van der Waals surface area contributed by atoms with Crippen molar-refractivity contribution >= 4 is 11.8 Å². The van der Waals surface area contributed by atoms with Crippen LogP contribution in [0.15, 0.2) is 0 Å². The topological polar surface area (TPSA) is 49.4 Å². The van der Waals surface area contributed by atoms with Gasteiger partial charge in [0.15, 0.2) is 0 Å². The molecule has 1 spiro atoms. The molecule has 20 heavy (non-hydrogen) atoms. The maximum absolute atomic E-state index is 12.7. The fourth-order valence-electron chi connectivity index (χ4n) is 3.83. The number of carbonyl (C=O) groups excluding carboxylic acids is 2. The summed E-state index contributed by atoms with van der Waals surface area (Å²) >= 11 is 0. The van der Waals surface area contributed by atoms with Gasteiger partial charge in [-0.05, 0) is 31.6 Å². The molecule has 1 aliphatic heterocycles. The van der Waals surface area contributed by atoms with E-state index in [9.17, 15) is 9.59 Å². The monoisotopic (exact) mass is 278 g/mol. The van der Waals surface area contributed by atoms with Crippen molar-refractivity contribution in [2.75, 3.05) is 6.54 Å². The molecule has 3 rings (SSSR count). The van der Waals surface area contributed by atoms with Gasteiger partial charge < -0.3 is 10.2 Å². The van der Waals surface area contributed by atoms with E-state index in [4.69, 9.17) is 0 Å². The highest BCUT2D eigenvalue weighted by Crippen LogP contribution is 2.39. The first-order valence-corrected chi connectivity index (χ1v) is 8.30. The van der Waals surface area contributed by atoms with Gasteiger partial charge in [0, 0.05) is 6.54 Å². The molecule has 0 aromatic carbocycles. The summed E-state index contributed by atoms with van der Waals surface area (Å²) < 4.78 is 0. The van der Waals surface area contributed by atoms with E-state index in [2.05, 4.69) is 5.32 Å². The molecule has 0 radical (unpaired) electrons. The normalized spacial score (nSPS) is 29.6. The van der Waals surface area contributed by atoms with E-state index in [-0.39, 0.29) is 17.9 Å². The molecule has 0 aromatic heterocycles. The maximum atomic E-state index is 12.7. The van der Waals surface area contributed by atoms with E-state index >= 15 is 0 Å². The van der Waals surface area contributed by atoms with Crippen LogP contribution in [0.4, 0.5) is 0 Å². The second-order valence-corrected chi connectivity index (χ2v) is 6.75. The van der Waals surface area contributed by atoms with Crippen LogP contribution in [0.25, 0.3) is 0 Å². The van der Waals surface area contributed by atoms with Gasteiger partial charge >= 0.3 is 0 Å². The largest absolute Gasteiger partial charge is 0.342 e. The van der Waals surface area contributed by atoms with Crippen LogP contribution < -0.4 is 5.32 Å². The van der Waals surface area contributed by atoms with Crippen LogP contribution >= 0.6 is 0 Å². The standard InChI is InChI=1S/C16H26N2O2/c1-2-13-14(19)18(11-8-12-6-7-12)16(15(20)17-13)9-4-3-5-10-16/h12-13H,2-11H2,1H3,(H,17,20). The average molecular weight is 278 g/mol. The van der Waals surface area contributed by atoms with Crippen LogP contribution in [-0.4, -0.2) is 34.8 Å². The van der Waals surface area contributed by atoms with E-state index in [1.54, 1.807) is 0 Å². The van der Waals surface area contributed by atoms with Crippen molar-refractivity contribution < 1.29 is 9.59 Å². The van der Waals surface area contributed by atoms with Gasteiger partial charge in [0.2, 0.25) is 11.8 Å². The zero-order chi connectivity index (χ0) is 14.2. The van der Waals surface area contributed by atoms with Crippen molar-refractivity contribution in [3.8, 4) is 0 Å². The lowest BCUT2D eigenvalue weighted by molar-refractivity contribution is -0.160. The number of piperazine rings is 1. The first kappa shape index (κ1) is 13.9. The van der Waals surface area contributed by atoms with Crippen LogP contribution in [0.3, 0.4) is 0 Å². The van der Waals surface area contributed by atoms with Crippen LogP contribution in [0.5, 0.6) is 0 Å². The highest BCUT2D eigenvalue weighted by Gasteiger charge is 2.52. The average Bonchev–Trinajstić information content (AvgIpc) is 3.28. The van der Waals surface area contributed by atoms with Crippen LogP contribution in [0.1, 0.15) is 64.7 Å². The molecule has 0 bridgehead atoms. The predicted molar refractivity (Wildman–Crippen MR) is 77.1 cm³/mol. The molecule has 112 valence electrons. The number of hydrogen-bond donors (Lipinski definition) is 1. The van der Waals surface area contributed by atoms with Gasteiger partial charge in [-0.1, -0.05) is 39.0 Å². The Morgan fingerprint density at radius 2 is 1.90 bits per heavy atom. The Labute approximate surface area is 121 Å². The molecule has 0 aromatic rings. The van der Waals surface area contributed by atoms with Gasteiger partial charge in [-0.3, -0.25) is 9.59 Å². The summed E-state index contributed by atoms with van der Waals surface area (Å²) in [6, 6.07) is -0.297. The Balaban J connectivity index is 1.82. The number of nitrogens with zero attached hydrogens (tertiary/aromatic N) is 1. The molecule has 1 saturated heterocycles. The molecule has 1 unspecified atom stereocenters. The van der Waals surface area contributed by atoms with Gasteiger partial charge in [0.1, 0.15) is 11.6 Å². The van der Waals surface area contributed by atoms with Gasteiger partial charge in [-0.15, -0.1) is 0 Å². The van der Waals surface area contributed by atoms with Gasteiger partial charge in [-0.25, -0.2) is 0 Å². The summed E-state index contributed by atoms with van der Waals surface area (Å²) in [5.41, 5.74) is -0.518. The highest BCUT2D eigenvalue weighted by molar-refractivity contribution is 5.99. The van der Waals surface area contributed by atoms with E-state index in [0.717, 1.165) is 44.6 Å². The molecule has 3 fully saturated rings. The number of amides is 2. The zero-order valence-electron chi connectivity index (χ0n) is 12.5. The third-order valence-electron chi connectivity index (χ3n) is 5.36. The number of rotatable bonds is 4. The van der Waals surface area contributed by atoms with E-state index in [1.807, 2.05) is 11.8 Å². The summed E-state index contributed by atoms with van der Waals surface area (Å²) in [6.07, 6.45) is 9.41. The van der Waals surface area contributed by atoms with E-state index in [1.165, 1.54) is 19.3 Å². The van der Waals surface area contributed by atoms with Crippen molar-refractivity contribution in [1.82, 2.24) is 10.2 Å². The minimum atomic E-state index is -0.518. The second kappa shape index (κ2) is 5.38. The van der Waals surface area contributed by atoms with Crippen LogP contribution in [0, 0.1) is 5.92 Å². The van der Waals surface area contributed by atoms with Crippen molar-refractivity contribution in [1.29, 1.82) is 0 Å². The minimum Gasteiger partial charge on any atom is -0.342 e. The quantitative estimate of drug-likeness (QED) is 0.857. The zero-order valence-corrected chi connectivity index (χ0v) is 12.5. The maximum Gasteiger partial charge on any atom is 0.246 e. The highest BCUT2D eigenvalue weighted by atomic mass is 16.2. The first-order valence-electron chi connectivity index (χ1n) is 8.30. The third kappa shape index (κ3) is 2.33. The van der Waals surface area contributed by atoms with Crippen LogP contribution in [-0.2, 0) is 9.59 Å². The van der Waals surface area contributed by atoms with Crippen molar-refractivity contribution in [3.05, 3.63) is 0 Å². The smallest absolute Gasteiger partial charge is 0.246 e.